The number of halogens is 1. The molecule has 0 unspecified atom stereocenters. The van der Waals surface area contributed by atoms with Gasteiger partial charge in [-0.1, -0.05) is 15.9 Å². The monoisotopic (exact) mass is 252 g/mol. The number of fused-ring (bicyclic) bond motifs is 1. The van der Waals surface area contributed by atoms with E-state index in [-0.39, 0.29) is 5.91 Å². The first-order valence-electron chi connectivity index (χ1n) is 4.16. The summed E-state index contributed by atoms with van der Waals surface area (Å²) in [6, 6.07) is 5.60. The minimum Gasteiger partial charge on any atom is -0.397 e. The van der Waals surface area contributed by atoms with Crippen LogP contribution in [-0.4, -0.2) is 10.5 Å². The van der Waals surface area contributed by atoms with Crippen LogP contribution >= 0.6 is 15.9 Å². The van der Waals surface area contributed by atoms with Gasteiger partial charge in [0.05, 0.1) is 11.2 Å². The van der Waals surface area contributed by atoms with Gasteiger partial charge in [0.15, 0.2) is 0 Å². The van der Waals surface area contributed by atoms with Gasteiger partial charge in [-0.3, -0.25) is 9.36 Å². The van der Waals surface area contributed by atoms with Gasteiger partial charge in [-0.05, 0) is 18.2 Å². The van der Waals surface area contributed by atoms with Gasteiger partial charge in [-0.2, -0.15) is 0 Å². The number of nitrogens with zero attached hydrogens (tertiary/aromatic N) is 1. The molecule has 2 aromatic rings. The summed E-state index contributed by atoms with van der Waals surface area (Å²) >= 11 is 3.36. The lowest BCUT2D eigenvalue weighted by Gasteiger charge is -2.03. The van der Waals surface area contributed by atoms with E-state index in [1.54, 1.807) is 16.8 Å². The second-order valence-corrected chi connectivity index (χ2v) is 4.05. The van der Waals surface area contributed by atoms with E-state index in [9.17, 15) is 4.79 Å². The Bertz CT molecular complexity index is 516. The molecule has 3 nitrogen and oxygen atoms in total. The van der Waals surface area contributed by atoms with Crippen LogP contribution in [0.1, 0.15) is 11.7 Å². The average Bonchev–Trinajstić information content (AvgIpc) is 2.47. The van der Waals surface area contributed by atoms with E-state index >= 15 is 0 Å². The Labute approximate surface area is 89.6 Å². The SMILES string of the molecule is CC(=O)n1ccc2cc(Br)cc(N)c21. The minimum atomic E-state index is -0.0333. The molecular weight excluding hydrogens is 244 g/mol. The minimum absolute atomic E-state index is 0.0333. The van der Waals surface area contributed by atoms with Crippen LogP contribution in [0.5, 0.6) is 0 Å². The molecule has 2 rings (SSSR count). The van der Waals surface area contributed by atoms with Gasteiger partial charge in [-0.15, -0.1) is 0 Å². The Balaban J connectivity index is 2.85. The maximum absolute atomic E-state index is 11.3. The van der Waals surface area contributed by atoms with Crippen molar-refractivity contribution in [3.05, 3.63) is 28.9 Å². The molecule has 0 bridgehead atoms. The first-order chi connectivity index (χ1) is 6.59. The van der Waals surface area contributed by atoms with Gasteiger partial charge in [0.2, 0.25) is 5.91 Å². The summed E-state index contributed by atoms with van der Waals surface area (Å²) < 4.78 is 2.47. The Hall–Kier alpha value is -1.29. The third-order valence-electron chi connectivity index (χ3n) is 2.12. The smallest absolute Gasteiger partial charge is 0.228 e. The summed E-state index contributed by atoms with van der Waals surface area (Å²) in [5.41, 5.74) is 7.22. The summed E-state index contributed by atoms with van der Waals surface area (Å²) in [7, 11) is 0. The standard InChI is InChI=1S/C10H9BrN2O/c1-6(14)13-3-2-7-4-8(11)5-9(12)10(7)13/h2-5H,12H2,1H3. The van der Waals surface area contributed by atoms with Crippen molar-refractivity contribution < 1.29 is 4.79 Å². The number of anilines is 1. The molecule has 0 atom stereocenters. The fourth-order valence-corrected chi connectivity index (χ4v) is 2.03. The topological polar surface area (TPSA) is 48.0 Å². The zero-order valence-corrected chi connectivity index (χ0v) is 9.21. The van der Waals surface area contributed by atoms with Crippen molar-refractivity contribution in [3.8, 4) is 0 Å². The van der Waals surface area contributed by atoms with Crippen LogP contribution in [0.15, 0.2) is 28.9 Å². The second-order valence-electron chi connectivity index (χ2n) is 3.14. The number of hydrogen-bond donors (Lipinski definition) is 1. The molecule has 0 aliphatic rings. The van der Waals surface area contributed by atoms with E-state index in [0.717, 1.165) is 15.4 Å². The summed E-state index contributed by atoms with van der Waals surface area (Å²) in [6.45, 7) is 1.51. The molecule has 1 aromatic carbocycles. The van der Waals surface area contributed by atoms with E-state index in [4.69, 9.17) is 5.73 Å². The van der Waals surface area contributed by atoms with Crippen LogP contribution in [-0.2, 0) is 0 Å². The highest BCUT2D eigenvalue weighted by atomic mass is 79.9. The van der Waals surface area contributed by atoms with Crippen LogP contribution in [0.2, 0.25) is 0 Å². The van der Waals surface area contributed by atoms with Gasteiger partial charge in [0.25, 0.3) is 0 Å². The summed E-state index contributed by atoms with van der Waals surface area (Å²) in [4.78, 5) is 11.3. The molecule has 2 N–H and O–H groups in total. The lowest BCUT2D eigenvalue weighted by molar-refractivity contribution is 0.0942. The number of rotatable bonds is 0. The van der Waals surface area contributed by atoms with Crippen LogP contribution < -0.4 is 5.73 Å². The lowest BCUT2D eigenvalue weighted by atomic mass is 10.2. The first kappa shape index (κ1) is 9.27. The van der Waals surface area contributed by atoms with Crippen molar-refractivity contribution in [2.24, 2.45) is 0 Å². The molecule has 0 fully saturated rings. The van der Waals surface area contributed by atoms with E-state index in [1.807, 2.05) is 12.1 Å². The fourth-order valence-electron chi connectivity index (χ4n) is 1.54. The van der Waals surface area contributed by atoms with E-state index < -0.39 is 0 Å². The third-order valence-corrected chi connectivity index (χ3v) is 2.57. The number of benzene rings is 1. The number of nitrogen functional groups attached to an aromatic ring is 1. The molecule has 72 valence electrons. The van der Waals surface area contributed by atoms with Gasteiger partial charge in [0, 0.05) is 23.0 Å². The zero-order chi connectivity index (χ0) is 10.3. The van der Waals surface area contributed by atoms with Crippen LogP contribution in [0.3, 0.4) is 0 Å². The molecule has 0 aliphatic heterocycles. The van der Waals surface area contributed by atoms with Crippen molar-refractivity contribution in [1.82, 2.24) is 4.57 Å². The van der Waals surface area contributed by atoms with Crippen molar-refractivity contribution in [3.63, 3.8) is 0 Å². The molecule has 1 aromatic heterocycles. The number of carbonyl (C=O) groups is 1. The quantitative estimate of drug-likeness (QED) is 0.733. The Morgan fingerprint density at radius 3 is 2.86 bits per heavy atom. The maximum Gasteiger partial charge on any atom is 0.228 e. The third kappa shape index (κ3) is 1.32. The highest BCUT2D eigenvalue weighted by Gasteiger charge is 2.08. The summed E-state index contributed by atoms with van der Waals surface area (Å²) in [5.74, 6) is -0.0333. The van der Waals surface area contributed by atoms with Crippen molar-refractivity contribution in [2.75, 3.05) is 5.73 Å². The van der Waals surface area contributed by atoms with Crippen molar-refractivity contribution >= 4 is 38.4 Å². The Morgan fingerprint density at radius 1 is 1.50 bits per heavy atom. The second kappa shape index (κ2) is 3.13. The molecular formula is C10H9BrN2O. The van der Waals surface area contributed by atoms with Gasteiger partial charge in [-0.25, -0.2) is 0 Å². The molecule has 0 spiro atoms. The summed E-state index contributed by atoms with van der Waals surface area (Å²) in [6.07, 6.45) is 1.73. The lowest BCUT2D eigenvalue weighted by Crippen LogP contribution is -2.04. The average molecular weight is 253 g/mol. The molecule has 0 radical (unpaired) electrons. The number of aromatic nitrogens is 1. The van der Waals surface area contributed by atoms with E-state index in [0.29, 0.717) is 5.69 Å². The largest absolute Gasteiger partial charge is 0.397 e. The van der Waals surface area contributed by atoms with Crippen LogP contribution in [0.4, 0.5) is 5.69 Å². The normalized spacial score (nSPS) is 10.7. The molecule has 0 saturated heterocycles. The van der Waals surface area contributed by atoms with Gasteiger partial charge >= 0.3 is 0 Å². The van der Waals surface area contributed by atoms with E-state index in [1.165, 1.54) is 6.92 Å². The fraction of sp³-hybridized carbons (Fsp3) is 0.100. The number of carbonyl (C=O) groups excluding carboxylic acids is 1. The van der Waals surface area contributed by atoms with E-state index in [2.05, 4.69) is 15.9 Å². The predicted octanol–water partition coefficient (Wildman–Crippen LogP) is 2.65. The molecule has 4 heteroatoms. The highest BCUT2D eigenvalue weighted by molar-refractivity contribution is 9.10. The van der Waals surface area contributed by atoms with Gasteiger partial charge in [0.1, 0.15) is 0 Å². The summed E-state index contributed by atoms with van der Waals surface area (Å²) in [5, 5.41) is 0.965. The van der Waals surface area contributed by atoms with Crippen LogP contribution in [0.25, 0.3) is 10.9 Å². The molecule has 0 aliphatic carbocycles. The Kier molecular flexibility index (Phi) is 2.07. The molecule has 0 saturated carbocycles. The Morgan fingerprint density at radius 2 is 2.21 bits per heavy atom. The molecule has 1 heterocycles. The molecule has 14 heavy (non-hydrogen) atoms. The van der Waals surface area contributed by atoms with Crippen molar-refractivity contribution in [2.45, 2.75) is 6.92 Å². The first-order valence-corrected chi connectivity index (χ1v) is 4.96. The number of hydrogen-bond acceptors (Lipinski definition) is 2. The van der Waals surface area contributed by atoms with Crippen LogP contribution in [0, 0.1) is 0 Å². The van der Waals surface area contributed by atoms with Gasteiger partial charge < -0.3 is 5.73 Å². The predicted molar refractivity (Wildman–Crippen MR) is 60.4 cm³/mol. The number of nitrogens with two attached hydrogens (primary N) is 1. The highest BCUT2D eigenvalue weighted by Crippen LogP contribution is 2.26. The molecule has 0 amide bonds. The zero-order valence-electron chi connectivity index (χ0n) is 7.62. The van der Waals surface area contributed by atoms with Crippen molar-refractivity contribution in [1.29, 1.82) is 0 Å². The maximum atomic E-state index is 11.3.